The molecule has 0 saturated heterocycles. The van der Waals surface area contributed by atoms with Gasteiger partial charge in [0.15, 0.2) is 0 Å². The van der Waals surface area contributed by atoms with Crippen molar-refractivity contribution in [1.29, 1.82) is 0 Å². The summed E-state index contributed by atoms with van der Waals surface area (Å²) in [6.07, 6.45) is -0.112. The number of benzene rings is 1. The lowest BCUT2D eigenvalue weighted by Gasteiger charge is -2.29. The molecule has 2 unspecified atom stereocenters. The highest BCUT2D eigenvalue weighted by Crippen LogP contribution is 2.36. The molecule has 0 amide bonds. The lowest BCUT2D eigenvalue weighted by Crippen LogP contribution is -2.27. The Hall–Kier alpha value is -1.19. The maximum Gasteiger partial charge on any atom is 0.418 e. The van der Waals surface area contributed by atoms with Crippen LogP contribution < -0.4 is 5.32 Å². The van der Waals surface area contributed by atoms with Crippen molar-refractivity contribution in [2.45, 2.75) is 44.8 Å². The minimum atomic E-state index is -4.29. The molecule has 1 aromatic rings. The molecular weight excluding hydrogens is 239 g/mol. The van der Waals surface area contributed by atoms with Gasteiger partial charge in [0.25, 0.3) is 0 Å². The standard InChI is InChI=1S/C14H18F3N/c1-10-5-4-6-11(9-10)18-13-8-3-2-7-12(13)14(15,16)17/h2-3,7-8,10-11,18H,4-6,9H2,1H3. The van der Waals surface area contributed by atoms with Gasteiger partial charge in [-0.1, -0.05) is 31.9 Å². The molecule has 1 N–H and O–H groups in total. The van der Waals surface area contributed by atoms with Gasteiger partial charge in [-0.05, 0) is 30.9 Å². The normalized spacial score (nSPS) is 24.9. The molecule has 2 atom stereocenters. The van der Waals surface area contributed by atoms with Gasteiger partial charge in [-0.3, -0.25) is 0 Å². The number of alkyl halides is 3. The first-order chi connectivity index (χ1) is 8.47. The molecule has 0 bridgehead atoms. The van der Waals surface area contributed by atoms with Crippen LogP contribution in [0.5, 0.6) is 0 Å². The van der Waals surface area contributed by atoms with E-state index in [1.54, 1.807) is 6.07 Å². The molecule has 0 spiro atoms. The Balaban J connectivity index is 2.13. The zero-order valence-corrected chi connectivity index (χ0v) is 10.4. The smallest absolute Gasteiger partial charge is 0.382 e. The van der Waals surface area contributed by atoms with E-state index < -0.39 is 11.7 Å². The average molecular weight is 257 g/mol. The van der Waals surface area contributed by atoms with Crippen LogP contribution in [0.1, 0.15) is 38.2 Å². The van der Waals surface area contributed by atoms with Crippen LogP contribution in [0.25, 0.3) is 0 Å². The van der Waals surface area contributed by atoms with Gasteiger partial charge in [-0.15, -0.1) is 0 Å². The summed E-state index contributed by atoms with van der Waals surface area (Å²) in [7, 11) is 0. The topological polar surface area (TPSA) is 12.0 Å². The molecular formula is C14H18F3N. The second-order valence-electron chi connectivity index (χ2n) is 5.16. The van der Waals surface area contributed by atoms with Crippen molar-refractivity contribution in [3.8, 4) is 0 Å². The van der Waals surface area contributed by atoms with Crippen LogP contribution in [-0.2, 0) is 6.18 Å². The van der Waals surface area contributed by atoms with Gasteiger partial charge in [-0.25, -0.2) is 0 Å². The Morgan fingerprint density at radius 3 is 2.56 bits per heavy atom. The molecule has 0 aromatic heterocycles. The van der Waals surface area contributed by atoms with Crippen LogP contribution in [-0.4, -0.2) is 6.04 Å². The van der Waals surface area contributed by atoms with E-state index in [0.29, 0.717) is 5.92 Å². The molecule has 1 aliphatic carbocycles. The fraction of sp³-hybridized carbons (Fsp3) is 0.571. The predicted octanol–water partition coefficient (Wildman–Crippen LogP) is 4.70. The number of para-hydroxylation sites is 1. The minimum absolute atomic E-state index is 0.164. The van der Waals surface area contributed by atoms with Gasteiger partial charge in [0.2, 0.25) is 0 Å². The first kappa shape index (κ1) is 13.2. The van der Waals surface area contributed by atoms with Crippen molar-refractivity contribution >= 4 is 5.69 Å². The largest absolute Gasteiger partial charge is 0.418 e. The Kier molecular flexibility index (Phi) is 3.83. The highest BCUT2D eigenvalue weighted by molar-refractivity contribution is 5.53. The molecule has 18 heavy (non-hydrogen) atoms. The van der Waals surface area contributed by atoms with E-state index >= 15 is 0 Å². The van der Waals surface area contributed by atoms with E-state index in [-0.39, 0.29) is 11.7 Å². The summed E-state index contributed by atoms with van der Waals surface area (Å²) in [6.45, 7) is 2.16. The summed E-state index contributed by atoms with van der Waals surface area (Å²) in [4.78, 5) is 0. The molecule has 0 heterocycles. The van der Waals surface area contributed by atoms with E-state index in [0.717, 1.165) is 25.3 Å². The quantitative estimate of drug-likeness (QED) is 0.810. The molecule has 4 heteroatoms. The molecule has 1 nitrogen and oxygen atoms in total. The van der Waals surface area contributed by atoms with Crippen molar-refractivity contribution in [3.05, 3.63) is 29.8 Å². The van der Waals surface area contributed by atoms with Gasteiger partial charge in [-0.2, -0.15) is 13.2 Å². The second-order valence-corrected chi connectivity index (χ2v) is 5.16. The fourth-order valence-corrected chi connectivity index (χ4v) is 2.64. The summed E-state index contributed by atoms with van der Waals surface area (Å²) in [6, 6.07) is 5.88. The van der Waals surface area contributed by atoms with E-state index in [9.17, 15) is 13.2 Å². The van der Waals surface area contributed by atoms with Gasteiger partial charge in [0, 0.05) is 11.7 Å². The molecule has 1 fully saturated rings. The first-order valence-electron chi connectivity index (χ1n) is 6.39. The Morgan fingerprint density at radius 2 is 1.89 bits per heavy atom. The number of anilines is 1. The number of rotatable bonds is 2. The summed E-state index contributed by atoms with van der Waals surface area (Å²) < 4.78 is 38.5. The number of nitrogens with one attached hydrogen (secondary N) is 1. The lowest BCUT2D eigenvalue weighted by atomic mass is 9.87. The van der Waals surface area contributed by atoms with E-state index in [1.165, 1.54) is 18.6 Å². The zero-order chi connectivity index (χ0) is 13.2. The SMILES string of the molecule is CC1CCCC(Nc2ccccc2C(F)(F)F)C1. The van der Waals surface area contributed by atoms with Crippen molar-refractivity contribution in [2.24, 2.45) is 5.92 Å². The Labute approximate surface area is 105 Å². The van der Waals surface area contributed by atoms with Crippen LogP contribution in [0.4, 0.5) is 18.9 Å². The van der Waals surface area contributed by atoms with E-state index in [1.807, 2.05) is 0 Å². The molecule has 2 rings (SSSR count). The molecule has 0 radical (unpaired) electrons. The van der Waals surface area contributed by atoms with E-state index in [2.05, 4.69) is 12.2 Å². The van der Waals surface area contributed by atoms with Crippen LogP contribution in [0, 0.1) is 5.92 Å². The van der Waals surface area contributed by atoms with E-state index in [4.69, 9.17) is 0 Å². The number of hydrogen-bond donors (Lipinski definition) is 1. The average Bonchev–Trinajstić information content (AvgIpc) is 2.28. The summed E-state index contributed by atoms with van der Waals surface area (Å²) >= 11 is 0. The Morgan fingerprint density at radius 1 is 1.17 bits per heavy atom. The Bertz CT molecular complexity index is 400. The number of halogens is 3. The number of hydrogen-bond acceptors (Lipinski definition) is 1. The lowest BCUT2D eigenvalue weighted by molar-refractivity contribution is -0.137. The maximum absolute atomic E-state index is 12.8. The molecule has 1 aliphatic rings. The molecule has 1 aromatic carbocycles. The highest BCUT2D eigenvalue weighted by Gasteiger charge is 2.33. The van der Waals surface area contributed by atoms with Crippen molar-refractivity contribution in [3.63, 3.8) is 0 Å². The molecule has 0 aliphatic heterocycles. The predicted molar refractivity (Wildman–Crippen MR) is 66.5 cm³/mol. The van der Waals surface area contributed by atoms with Crippen LogP contribution in [0.2, 0.25) is 0 Å². The minimum Gasteiger partial charge on any atom is -0.382 e. The highest BCUT2D eigenvalue weighted by atomic mass is 19.4. The van der Waals surface area contributed by atoms with Gasteiger partial charge in [0.1, 0.15) is 0 Å². The van der Waals surface area contributed by atoms with Crippen molar-refractivity contribution in [2.75, 3.05) is 5.32 Å². The van der Waals surface area contributed by atoms with Gasteiger partial charge >= 0.3 is 6.18 Å². The van der Waals surface area contributed by atoms with Crippen LogP contribution >= 0.6 is 0 Å². The summed E-state index contributed by atoms with van der Waals surface area (Å²) in [5, 5.41) is 3.07. The van der Waals surface area contributed by atoms with Gasteiger partial charge < -0.3 is 5.32 Å². The fourth-order valence-electron chi connectivity index (χ4n) is 2.64. The zero-order valence-electron chi connectivity index (χ0n) is 10.4. The third kappa shape index (κ3) is 3.18. The van der Waals surface area contributed by atoms with Gasteiger partial charge in [0.05, 0.1) is 5.56 Å². The third-order valence-corrected chi connectivity index (χ3v) is 3.53. The van der Waals surface area contributed by atoms with Crippen molar-refractivity contribution in [1.82, 2.24) is 0 Å². The maximum atomic E-state index is 12.8. The summed E-state index contributed by atoms with van der Waals surface area (Å²) in [5.41, 5.74) is -0.354. The summed E-state index contributed by atoms with van der Waals surface area (Å²) in [5.74, 6) is 0.592. The third-order valence-electron chi connectivity index (χ3n) is 3.53. The molecule has 100 valence electrons. The second kappa shape index (κ2) is 5.21. The van der Waals surface area contributed by atoms with Crippen LogP contribution in [0.3, 0.4) is 0 Å². The van der Waals surface area contributed by atoms with Crippen LogP contribution in [0.15, 0.2) is 24.3 Å². The van der Waals surface area contributed by atoms with Crippen molar-refractivity contribution < 1.29 is 13.2 Å². The monoisotopic (exact) mass is 257 g/mol. The first-order valence-corrected chi connectivity index (χ1v) is 6.39. The molecule has 1 saturated carbocycles.